The molecular weight excluding hydrogens is 276 g/mol. The van der Waals surface area contributed by atoms with E-state index in [1.807, 2.05) is 26.8 Å². The minimum absolute atomic E-state index is 0.0614. The molecule has 0 aliphatic heterocycles. The average Bonchev–Trinajstić information content (AvgIpc) is 2.94. The molecule has 2 rings (SSSR count). The van der Waals surface area contributed by atoms with E-state index in [9.17, 15) is 4.79 Å². The van der Waals surface area contributed by atoms with Crippen LogP contribution in [0.3, 0.4) is 0 Å². The summed E-state index contributed by atoms with van der Waals surface area (Å²) < 4.78 is 1.73. The SMILES string of the molecule is Cc1cc(C)n([C@H](C)C(=O)NCCc2nnc(N)s2)n1. The van der Waals surface area contributed by atoms with E-state index in [1.165, 1.54) is 11.3 Å². The Morgan fingerprint density at radius 3 is 2.80 bits per heavy atom. The highest BCUT2D eigenvalue weighted by atomic mass is 32.1. The second kappa shape index (κ2) is 6.00. The number of aromatic nitrogens is 4. The number of nitrogens with zero attached hydrogens (tertiary/aromatic N) is 4. The summed E-state index contributed by atoms with van der Waals surface area (Å²) in [5, 5.41) is 16.1. The van der Waals surface area contributed by atoms with Gasteiger partial charge in [-0.1, -0.05) is 11.3 Å². The Morgan fingerprint density at radius 1 is 1.50 bits per heavy atom. The monoisotopic (exact) mass is 294 g/mol. The van der Waals surface area contributed by atoms with Crippen LogP contribution in [0.1, 0.15) is 29.4 Å². The average molecular weight is 294 g/mol. The fourth-order valence-electron chi connectivity index (χ4n) is 1.96. The van der Waals surface area contributed by atoms with Gasteiger partial charge < -0.3 is 11.1 Å². The van der Waals surface area contributed by atoms with Gasteiger partial charge >= 0.3 is 0 Å². The van der Waals surface area contributed by atoms with Crippen molar-refractivity contribution in [3.63, 3.8) is 0 Å². The van der Waals surface area contributed by atoms with E-state index in [2.05, 4.69) is 20.6 Å². The molecule has 0 fully saturated rings. The topological polar surface area (TPSA) is 98.7 Å². The van der Waals surface area contributed by atoms with Gasteiger partial charge in [0, 0.05) is 18.7 Å². The zero-order valence-electron chi connectivity index (χ0n) is 11.8. The smallest absolute Gasteiger partial charge is 0.244 e. The molecule has 2 aromatic heterocycles. The van der Waals surface area contributed by atoms with Crippen LogP contribution >= 0.6 is 11.3 Å². The number of rotatable bonds is 5. The fraction of sp³-hybridized carbons (Fsp3) is 0.500. The molecular formula is C12H18N6OS. The molecule has 0 aliphatic rings. The van der Waals surface area contributed by atoms with E-state index in [4.69, 9.17) is 5.73 Å². The molecule has 0 aliphatic carbocycles. The molecule has 2 heterocycles. The Morgan fingerprint density at radius 2 is 2.25 bits per heavy atom. The van der Waals surface area contributed by atoms with Crippen LogP contribution in [-0.2, 0) is 11.2 Å². The lowest BCUT2D eigenvalue weighted by Crippen LogP contribution is -2.33. The Balaban J connectivity index is 1.87. The summed E-state index contributed by atoms with van der Waals surface area (Å²) in [5.74, 6) is -0.0614. The van der Waals surface area contributed by atoms with Gasteiger partial charge in [0.05, 0.1) is 5.69 Å². The van der Waals surface area contributed by atoms with Crippen molar-refractivity contribution in [2.45, 2.75) is 33.2 Å². The number of hydrogen-bond acceptors (Lipinski definition) is 6. The first-order valence-corrected chi connectivity index (χ1v) is 7.17. The molecule has 0 bridgehead atoms. The highest BCUT2D eigenvalue weighted by molar-refractivity contribution is 7.15. The van der Waals surface area contributed by atoms with E-state index in [0.717, 1.165) is 16.4 Å². The number of nitrogens with one attached hydrogen (secondary N) is 1. The van der Waals surface area contributed by atoms with Crippen LogP contribution in [0.25, 0.3) is 0 Å². The predicted molar refractivity (Wildman–Crippen MR) is 77.4 cm³/mol. The molecule has 0 unspecified atom stereocenters. The zero-order chi connectivity index (χ0) is 14.7. The van der Waals surface area contributed by atoms with Gasteiger partial charge in [0.1, 0.15) is 11.0 Å². The maximum atomic E-state index is 12.1. The van der Waals surface area contributed by atoms with E-state index in [-0.39, 0.29) is 11.9 Å². The summed E-state index contributed by atoms with van der Waals surface area (Å²) in [4.78, 5) is 12.1. The lowest BCUT2D eigenvalue weighted by atomic mass is 10.3. The van der Waals surface area contributed by atoms with Crippen molar-refractivity contribution in [2.24, 2.45) is 0 Å². The Bertz CT molecular complexity index is 605. The quantitative estimate of drug-likeness (QED) is 0.852. The van der Waals surface area contributed by atoms with E-state index in [0.29, 0.717) is 18.1 Å². The minimum atomic E-state index is -0.330. The van der Waals surface area contributed by atoms with Crippen LogP contribution in [-0.4, -0.2) is 32.4 Å². The van der Waals surface area contributed by atoms with Gasteiger partial charge in [-0.25, -0.2) is 0 Å². The standard InChI is InChI=1S/C12H18N6OS/c1-7-6-8(2)18(17-7)9(3)11(19)14-5-4-10-15-16-12(13)20-10/h6,9H,4-5H2,1-3H3,(H2,13,16)(H,14,19)/t9-/m1/s1. The third kappa shape index (κ3) is 3.32. The van der Waals surface area contributed by atoms with Gasteiger partial charge in [0.2, 0.25) is 11.0 Å². The molecule has 3 N–H and O–H groups in total. The first-order valence-electron chi connectivity index (χ1n) is 6.35. The lowest BCUT2D eigenvalue weighted by Gasteiger charge is -2.14. The third-order valence-corrected chi connectivity index (χ3v) is 3.72. The van der Waals surface area contributed by atoms with Gasteiger partial charge in [0.15, 0.2) is 0 Å². The van der Waals surface area contributed by atoms with Crippen LogP contribution in [0.15, 0.2) is 6.07 Å². The fourth-order valence-corrected chi connectivity index (χ4v) is 2.57. The largest absolute Gasteiger partial charge is 0.374 e. The summed E-state index contributed by atoms with van der Waals surface area (Å²) in [6, 6.07) is 1.62. The molecule has 7 nitrogen and oxygen atoms in total. The Labute approximate surface area is 121 Å². The van der Waals surface area contributed by atoms with Crippen LogP contribution in [0, 0.1) is 13.8 Å². The zero-order valence-corrected chi connectivity index (χ0v) is 12.6. The summed E-state index contributed by atoms with van der Waals surface area (Å²) in [7, 11) is 0. The van der Waals surface area contributed by atoms with E-state index >= 15 is 0 Å². The number of anilines is 1. The minimum Gasteiger partial charge on any atom is -0.374 e. The summed E-state index contributed by atoms with van der Waals surface area (Å²) >= 11 is 1.34. The lowest BCUT2D eigenvalue weighted by molar-refractivity contribution is -0.124. The number of carbonyl (C=O) groups excluding carboxylic acids is 1. The van der Waals surface area contributed by atoms with Crippen LogP contribution in [0.4, 0.5) is 5.13 Å². The second-order valence-electron chi connectivity index (χ2n) is 4.62. The van der Waals surface area contributed by atoms with Crippen LogP contribution in [0.2, 0.25) is 0 Å². The van der Waals surface area contributed by atoms with Crippen molar-refractivity contribution in [2.75, 3.05) is 12.3 Å². The molecule has 20 heavy (non-hydrogen) atoms. The molecule has 8 heteroatoms. The number of amides is 1. The first kappa shape index (κ1) is 14.4. The van der Waals surface area contributed by atoms with Crippen molar-refractivity contribution in [1.82, 2.24) is 25.3 Å². The molecule has 108 valence electrons. The molecule has 2 aromatic rings. The van der Waals surface area contributed by atoms with Gasteiger partial charge in [-0.05, 0) is 26.8 Å². The molecule has 1 atom stereocenters. The molecule has 0 radical (unpaired) electrons. The Kier molecular flexibility index (Phi) is 4.33. The number of carbonyl (C=O) groups is 1. The van der Waals surface area contributed by atoms with Gasteiger partial charge in [-0.2, -0.15) is 5.10 Å². The van der Waals surface area contributed by atoms with E-state index in [1.54, 1.807) is 4.68 Å². The van der Waals surface area contributed by atoms with Gasteiger partial charge in [-0.3, -0.25) is 9.48 Å². The summed E-state index contributed by atoms with van der Waals surface area (Å²) in [6.07, 6.45) is 0.629. The summed E-state index contributed by atoms with van der Waals surface area (Å²) in [5.41, 5.74) is 7.38. The van der Waals surface area contributed by atoms with Crippen molar-refractivity contribution in [3.05, 3.63) is 22.5 Å². The van der Waals surface area contributed by atoms with Gasteiger partial charge in [0.25, 0.3) is 0 Å². The first-order chi connectivity index (χ1) is 9.47. The van der Waals surface area contributed by atoms with Crippen molar-refractivity contribution in [1.29, 1.82) is 0 Å². The highest BCUT2D eigenvalue weighted by Crippen LogP contribution is 2.12. The van der Waals surface area contributed by atoms with Crippen LogP contribution < -0.4 is 11.1 Å². The molecule has 1 amide bonds. The highest BCUT2D eigenvalue weighted by Gasteiger charge is 2.17. The molecule has 0 spiro atoms. The van der Waals surface area contributed by atoms with Crippen molar-refractivity contribution >= 4 is 22.4 Å². The molecule has 0 saturated carbocycles. The predicted octanol–water partition coefficient (Wildman–Crippen LogP) is 0.854. The van der Waals surface area contributed by atoms with E-state index < -0.39 is 0 Å². The number of aryl methyl sites for hydroxylation is 2. The second-order valence-corrected chi connectivity index (χ2v) is 5.72. The number of hydrogen-bond donors (Lipinski definition) is 2. The number of nitrogen functional groups attached to an aromatic ring is 1. The number of nitrogens with two attached hydrogens (primary N) is 1. The molecule has 0 aromatic carbocycles. The normalized spacial score (nSPS) is 12.3. The third-order valence-electron chi connectivity index (χ3n) is 2.91. The van der Waals surface area contributed by atoms with Crippen molar-refractivity contribution in [3.8, 4) is 0 Å². The maximum Gasteiger partial charge on any atom is 0.244 e. The Hall–Kier alpha value is -1.96. The summed E-state index contributed by atoms with van der Waals surface area (Å²) in [6.45, 7) is 6.19. The van der Waals surface area contributed by atoms with Crippen LogP contribution in [0.5, 0.6) is 0 Å². The van der Waals surface area contributed by atoms with Gasteiger partial charge in [-0.15, -0.1) is 10.2 Å². The molecule has 0 saturated heterocycles. The van der Waals surface area contributed by atoms with Crippen molar-refractivity contribution < 1.29 is 4.79 Å². The maximum absolute atomic E-state index is 12.1.